The Hall–Kier alpha value is -2.33. The molecule has 1 heterocycles. The molecular weight excluding hydrogens is 386 g/mol. The SMILES string of the molecule is COc1ccc(S(=O)(=O)N2CCC(C(=O)NCC(=O)N(C)C)CC2)cc1OC. The van der Waals surface area contributed by atoms with E-state index in [2.05, 4.69) is 5.32 Å². The summed E-state index contributed by atoms with van der Waals surface area (Å²) in [4.78, 5) is 25.3. The number of carbonyl (C=O) groups is 2. The number of ether oxygens (including phenoxy) is 2. The van der Waals surface area contributed by atoms with Crippen LogP contribution in [0.15, 0.2) is 23.1 Å². The van der Waals surface area contributed by atoms with E-state index in [4.69, 9.17) is 9.47 Å². The summed E-state index contributed by atoms with van der Waals surface area (Å²) in [7, 11) is 2.46. The molecule has 1 N–H and O–H groups in total. The molecule has 0 atom stereocenters. The molecule has 10 heteroatoms. The summed E-state index contributed by atoms with van der Waals surface area (Å²) < 4.78 is 37.5. The number of methoxy groups -OCH3 is 2. The summed E-state index contributed by atoms with van der Waals surface area (Å²) >= 11 is 0. The molecule has 0 bridgehead atoms. The van der Waals surface area contributed by atoms with Crippen molar-refractivity contribution in [3.63, 3.8) is 0 Å². The second kappa shape index (κ2) is 9.24. The fraction of sp³-hybridized carbons (Fsp3) is 0.556. The number of nitrogens with zero attached hydrogens (tertiary/aromatic N) is 2. The molecule has 0 radical (unpaired) electrons. The minimum Gasteiger partial charge on any atom is -0.493 e. The van der Waals surface area contributed by atoms with Gasteiger partial charge in [-0.1, -0.05) is 0 Å². The fourth-order valence-electron chi connectivity index (χ4n) is 2.95. The molecule has 2 amide bonds. The van der Waals surface area contributed by atoms with Gasteiger partial charge in [-0.3, -0.25) is 9.59 Å². The van der Waals surface area contributed by atoms with E-state index in [1.807, 2.05) is 0 Å². The Morgan fingerprint density at radius 3 is 2.29 bits per heavy atom. The highest BCUT2D eigenvalue weighted by molar-refractivity contribution is 7.89. The van der Waals surface area contributed by atoms with Gasteiger partial charge in [-0.05, 0) is 25.0 Å². The van der Waals surface area contributed by atoms with E-state index in [1.54, 1.807) is 20.2 Å². The van der Waals surface area contributed by atoms with Gasteiger partial charge in [-0.2, -0.15) is 4.31 Å². The summed E-state index contributed by atoms with van der Waals surface area (Å²) in [6, 6.07) is 4.45. The van der Waals surface area contributed by atoms with Crippen molar-refractivity contribution in [2.24, 2.45) is 5.92 Å². The number of hydrogen-bond donors (Lipinski definition) is 1. The number of likely N-dealkylation sites (N-methyl/N-ethyl adjacent to an activating group) is 1. The van der Waals surface area contributed by atoms with Crippen LogP contribution in [0.4, 0.5) is 0 Å². The summed E-state index contributed by atoms with van der Waals surface area (Å²) in [5, 5.41) is 2.62. The zero-order chi connectivity index (χ0) is 20.9. The Balaban J connectivity index is 2.00. The van der Waals surface area contributed by atoms with Gasteiger partial charge in [-0.25, -0.2) is 8.42 Å². The Kier molecular flexibility index (Phi) is 7.25. The first-order valence-corrected chi connectivity index (χ1v) is 10.3. The lowest BCUT2D eigenvalue weighted by molar-refractivity contribution is -0.132. The third-order valence-corrected chi connectivity index (χ3v) is 6.62. The lowest BCUT2D eigenvalue weighted by Gasteiger charge is -2.30. The van der Waals surface area contributed by atoms with Gasteiger partial charge < -0.3 is 19.7 Å². The fourth-order valence-corrected chi connectivity index (χ4v) is 4.44. The third kappa shape index (κ3) is 4.93. The molecule has 1 aromatic rings. The molecule has 0 saturated carbocycles. The molecule has 1 aliphatic rings. The smallest absolute Gasteiger partial charge is 0.243 e. The maximum absolute atomic E-state index is 12.9. The molecule has 0 aromatic heterocycles. The van der Waals surface area contributed by atoms with E-state index >= 15 is 0 Å². The average molecular weight is 413 g/mol. The van der Waals surface area contributed by atoms with Crippen molar-refractivity contribution in [2.75, 3.05) is 47.9 Å². The predicted molar refractivity (Wildman–Crippen MR) is 103 cm³/mol. The van der Waals surface area contributed by atoms with Gasteiger partial charge in [0.05, 0.1) is 25.7 Å². The quantitative estimate of drug-likeness (QED) is 0.690. The molecule has 28 heavy (non-hydrogen) atoms. The lowest BCUT2D eigenvalue weighted by atomic mass is 9.97. The molecule has 9 nitrogen and oxygen atoms in total. The molecule has 1 fully saturated rings. The van der Waals surface area contributed by atoms with E-state index in [-0.39, 0.29) is 42.3 Å². The second-order valence-electron chi connectivity index (χ2n) is 6.70. The number of sulfonamides is 1. The average Bonchev–Trinajstić information content (AvgIpc) is 2.70. The van der Waals surface area contributed by atoms with Gasteiger partial charge in [-0.15, -0.1) is 0 Å². The molecular formula is C18H27N3O6S. The zero-order valence-corrected chi connectivity index (χ0v) is 17.4. The number of rotatable bonds is 7. The number of carbonyl (C=O) groups excluding carboxylic acids is 2. The minimum absolute atomic E-state index is 0.0595. The number of piperidine rings is 1. The molecule has 1 aliphatic heterocycles. The van der Waals surface area contributed by atoms with Gasteiger partial charge in [0, 0.05) is 39.2 Å². The molecule has 1 saturated heterocycles. The Morgan fingerprint density at radius 1 is 1.14 bits per heavy atom. The van der Waals surface area contributed by atoms with Crippen molar-refractivity contribution in [1.29, 1.82) is 0 Å². The molecule has 2 rings (SSSR count). The molecule has 0 aliphatic carbocycles. The number of nitrogens with one attached hydrogen (secondary N) is 1. The van der Waals surface area contributed by atoms with Crippen molar-refractivity contribution < 1.29 is 27.5 Å². The number of amides is 2. The topological polar surface area (TPSA) is 105 Å². The van der Waals surface area contributed by atoms with Crippen LogP contribution in [0.25, 0.3) is 0 Å². The number of hydrogen-bond acceptors (Lipinski definition) is 6. The summed E-state index contributed by atoms with van der Waals surface area (Å²) in [5.41, 5.74) is 0. The van der Waals surface area contributed by atoms with Gasteiger partial charge in [0.25, 0.3) is 0 Å². The van der Waals surface area contributed by atoms with Crippen LogP contribution in [0.1, 0.15) is 12.8 Å². The summed E-state index contributed by atoms with van der Waals surface area (Å²) in [6.07, 6.45) is 0.795. The van der Waals surface area contributed by atoms with E-state index in [0.717, 1.165) is 0 Å². The standard InChI is InChI=1S/C18H27N3O6S/c1-20(2)17(22)12-19-18(23)13-7-9-21(10-8-13)28(24,25)14-5-6-15(26-3)16(11-14)27-4/h5-6,11,13H,7-10,12H2,1-4H3,(H,19,23). The van der Waals surface area contributed by atoms with Gasteiger partial charge in [0.2, 0.25) is 21.8 Å². The van der Waals surface area contributed by atoms with Crippen molar-refractivity contribution in [3.05, 3.63) is 18.2 Å². The van der Waals surface area contributed by atoms with Crippen LogP contribution in [0.5, 0.6) is 11.5 Å². The maximum Gasteiger partial charge on any atom is 0.243 e. The van der Waals surface area contributed by atoms with E-state index in [0.29, 0.717) is 24.3 Å². The van der Waals surface area contributed by atoms with Crippen LogP contribution in [-0.4, -0.2) is 77.4 Å². The predicted octanol–water partition coefficient (Wildman–Crippen LogP) is 0.309. The first kappa shape index (κ1) is 22.0. The van der Waals surface area contributed by atoms with E-state index < -0.39 is 10.0 Å². The van der Waals surface area contributed by atoms with E-state index in [9.17, 15) is 18.0 Å². The Morgan fingerprint density at radius 2 is 1.75 bits per heavy atom. The lowest BCUT2D eigenvalue weighted by Crippen LogP contribution is -2.44. The minimum atomic E-state index is -3.70. The van der Waals surface area contributed by atoms with Crippen LogP contribution in [0.2, 0.25) is 0 Å². The van der Waals surface area contributed by atoms with Crippen molar-refractivity contribution in [1.82, 2.24) is 14.5 Å². The van der Waals surface area contributed by atoms with E-state index in [1.165, 1.54) is 35.6 Å². The van der Waals surface area contributed by atoms with Crippen LogP contribution >= 0.6 is 0 Å². The Bertz CT molecular complexity index is 817. The normalized spacial score (nSPS) is 15.7. The van der Waals surface area contributed by atoms with Gasteiger partial charge in [0.1, 0.15) is 0 Å². The highest BCUT2D eigenvalue weighted by Crippen LogP contribution is 2.31. The molecule has 0 spiro atoms. The largest absolute Gasteiger partial charge is 0.493 e. The van der Waals surface area contributed by atoms with Crippen LogP contribution < -0.4 is 14.8 Å². The van der Waals surface area contributed by atoms with Gasteiger partial charge >= 0.3 is 0 Å². The molecule has 0 unspecified atom stereocenters. The maximum atomic E-state index is 12.9. The number of benzene rings is 1. The first-order valence-electron chi connectivity index (χ1n) is 8.90. The van der Waals surface area contributed by atoms with Crippen LogP contribution in [0, 0.1) is 5.92 Å². The first-order chi connectivity index (χ1) is 13.2. The highest BCUT2D eigenvalue weighted by atomic mass is 32.2. The van der Waals surface area contributed by atoms with Gasteiger partial charge in [0.15, 0.2) is 11.5 Å². The zero-order valence-electron chi connectivity index (χ0n) is 16.6. The molecule has 1 aromatic carbocycles. The van der Waals surface area contributed by atoms with Crippen LogP contribution in [-0.2, 0) is 19.6 Å². The summed E-state index contributed by atoms with van der Waals surface area (Å²) in [5.74, 6) is 0.0551. The monoisotopic (exact) mass is 413 g/mol. The summed E-state index contributed by atoms with van der Waals surface area (Å²) in [6.45, 7) is 0.406. The van der Waals surface area contributed by atoms with Crippen molar-refractivity contribution in [2.45, 2.75) is 17.7 Å². The third-order valence-electron chi connectivity index (χ3n) is 4.73. The van der Waals surface area contributed by atoms with Crippen molar-refractivity contribution in [3.8, 4) is 11.5 Å². The highest BCUT2D eigenvalue weighted by Gasteiger charge is 2.32. The second-order valence-corrected chi connectivity index (χ2v) is 8.64. The van der Waals surface area contributed by atoms with Crippen LogP contribution in [0.3, 0.4) is 0 Å². The Labute approximate surface area is 165 Å². The molecule has 156 valence electrons. The van der Waals surface area contributed by atoms with Crippen molar-refractivity contribution >= 4 is 21.8 Å².